The molecular formula is C11H22N8O4. The summed E-state index contributed by atoms with van der Waals surface area (Å²) in [7, 11) is 0. The normalized spacial score (nSPS) is 22.4. The average molecular weight is 330 g/mol. The van der Waals surface area contributed by atoms with Gasteiger partial charge in [-0.05, 0) is 19.3 Å². The average Bonchev–Trinajstić information content (AvgIpc) is 2.91. The maximum atomic E-state index is 11.9. The topological polar surface area (TPSA) is 204 Å². The Bertz CT molecular complexity index is 483. The molecule has 0 unspecified atom stereocenters. The van der Waals surface area contributed by atoms with E-state index in [1.165, 1.54) is 0 Å². The van der Waals surface area contributed by atoms with Crippen LogP contribution < -0.4 is 33.2 Å². The van der Waals surface area contributed by atoms with Crippen molar-refractivity contribution in [1.29, 1.82) is 0 Å². The summed E-state index contributed by atoms with van der Waals surface area (Å²) >= 11 is 0. The molecule has 0 spiro atoms. The minimum Gasteiger partial charge on any atom is -0.368 e. The van der Waals surface area contributed by atoms with E-state index in [1.807, 2.05) is 0 Å². The summed E-state index contributed by atoms with van der Waals surface area (Å²) in [6.45, 7) is 0.764. The second-order valence-corrected chi connectivity index (χ2v) is 5.20. The summed E-state index contributed by atoms with van der Waals surface area (Å²) in [5.74, 6) is -1.08. The molecule has 0 aromatic carbocycles. The zero-order valence-electron chi connectivity index (χ0n) is 12.5. The molecule has 1 heterocycles. The van der Waals surface area contributed by atoms with Crippen LogP contribution in [0.15, 0.2) is 5.10 Å². The number of hydrazone groups is 1. The lowest BCUT2D eigenvalue weighted by Crippen LogP contribution is -2.46. The Morgan fingerprint density at radius 3 is 2.70 bits per heavy atom. The van der Waals surface area contributed by atoms with Crippen LogP contribution in [0.4, 0.5) is 0 Å². The molecule has 0 saturated carbocycles. The maximum Gasteiger partial charge on any atom is 0.266 e. The molecule has 1 saturated heterocycles. The quantitative estimate of drug-likeness (QED) is 0.0864. The zero-order valence-corrected chi connectivity index (χ0v) is 12.5. The van der Waals surface area contributed by atoms with Crippen LogP contribution in [0, 0.1) is 10.1 Å². The number of nitro groups is 1. The monoisotopic (exact) mass is 330 g/mol. The molecule has 12 nitrogen and oxygen atoms in total. The van der Waals surface area contributed by atoms with E-state index in [4.69, 9.17) is 17.2 Å². The largest absolute Gasteiger partial charge is 0.368 e. The van der Waals surface area contributed by atoms with Gasteiger partial charge in [-0.25, -0.2) is 10.1 Å². The third kappa shape index (κ3) is 6.88. The van der Waals surface area contributed by atoms with E-state index >= 15 is 0 Å². The molecule has 0 aromatic heterocycles. The number of hydrogen-bond donors (Lipinski definition) is 6. The predicted molar refractivity (Wildman–Crippen MR) is 81.4 cm³/mol. The van der Waals surface area contributed by atoms with E-state index in [9.17, 15) is 19.7 Å². The lowest BCUT2D eigenvalue weighted by atomic mass is 10.1. The summed E-state index contributed by atoms with van der Waals surface area (Å²) in [4.78, 5) is 33.0. The Kier molecular flexibility index (Phi) is 7.15. The molecule has 0 bridgehead atoms. The molecule has 1 rings (SSSR count). The number of nitrogens with two attached hydrogens (primary N) is 3. The number of hydrogen-bond acceptors (Lipinski definition) is 6. The minimum atomic E-state index is -0.906. The van der Waals surface area contributed by atoms with E-state index in [0.29, 0.717) is 32.4 Å². The van der Waals surface area contributed by atoms with E-state index < -0.39 is 23.0 Å². The Labute approximate surface area is 132 Å². The van der Waals surface area contributed by atoms with Gasteiger partial charge in [0, 0.05) is 19.1 Å². The lowest BCUT2D eigenvalue weighted by Gasteiger charge is -2.16. The minimum absolute atomic E-state index is 0.188. The van der Waals surface area contributed by atoms with Crippen molar-refractivity contribution in [2.75, 3.05) is 13.1 Å². The third-order valence-corrected chi connectivity index (χ3v) is 3.34. The molecule has 0 radical (unpaired) electrons. The molecular weight excluding hydrogens is 308 g/mol. The van der Waals surface area contributed by atoms with Gasteiger partial charge in [0.2, 0.25) is 11.8 Å². The lowest BCUT2D eigenvalue weighted by molar-refractivity contribution is -0.485. The van der Waals surface area contributed by atoms with Crippen LogP contribution in [0.25, 0.3) is 0 Å². The van der Waals surface area contributed by atoms with E-state index in [2.05, 4.69) is 21.1 Å². The van der Waals surface area contributed by atoms with Gasteiger partial charge < -0.3 is 33.2 Å². The van der Waals surface area contributed by atoms with Crippen molar-refractivity contribution >= 4 is 17.8 Å². The standard InChI is InChI=1S/C11H22N8O4/c12-7(2-1-3-15-11(14)18-19(22)23)10(21)17-6-4-8(9(13)20)16-5-6/h6-8,16H,1-5,12H2,(H2,13,20)(H,17,21)(H3,14,15,18)/t6-,7-,8+/m0/s1. The molecule has 1 aliphatic heterocycles. The van der Waals surface area contributed by atoms with E-state index in [0.717, 1.165) is 0 Å². The van der Waals surface area contributed by atoms with Gasteiger partial charge in [0.25, 0.3) is 5.96 Å². The van der Waals surface area contributed by atoms with Gasteiger partial charge in [-0.15, -0.1) is 0 Å². The number of amides is 2. The molecule has 3 atom stereocenters. The van der Waals surface area contributed by atoms with E-state index in [-0.39, 0.29) is 17.9 Å². The van der Waals surface area contributed by atoms with Crippen molar-refractivity contribution in [3.63, 3.8) is 0 Å². The Balaban J connectivity index is 2.22. The van der Waals surface area contributed by atoms with Crippen molar-refractivity contribution in [1.82, 2.24) is 16.0 Å². The van der Waals surface area contributed by atoms with Gasteiger partial charge in [-0.2, -0.15) is 0 Å². The van der Waals surface area contributed by atoms with Crippen molar-refractivity contribution in [3.05, 3.63) is 10.1 Å². The first kappa shape index (κ1) is 18.6. The molecule has 9 N–H and O–H groups in total. The van der Waals surface area contributed by atoms with Crippen LogP contribution in [-0.2, 0) is 9.59 Å². The van der Waals surface area contributed by atoms with Gasteiger partial charge in [0.1, 0.15) is 5.10 Å². The van der Waals surface area contributed by atoms with Crippen LogP contribution in [0.3, 0.4) is 0 Å². The number of carbonyl (C=O) groups is 2. The molecule has 0 aromatic rings. The SMILES string of the molecule is NC(=O)[C@H]1C[C@H](NC(=O)[C@@H](N)CCCN/C(N)=N\[N+](=O)[O-])CN1. The fraction of sp³-hybridized carbons (Fsp3) is 0.727. The van der Waals surface area contributed by atoms with Crippen LogP contribution in [0.5, 0.6) is 0 Å². The van der Waals surface area contributed by atoms with Gasteiger partial charge in [0.15, 0.2) is 5.03 Å². The first-order chi connectivity index (χ1) is 10.8. The number of rotatable bonds is 8. The summed E-state index contributed by atoms with van der Waals surface area (Å²) in [5, 5.41) is 20.2. The summed E-state index contributed by atoms with van der Waals surface area (Å²) in [5.41, 5.74) is 16.2. The van der Waals surface area contributed by atoms with Crippen molar-refractivity contribution in [3.8, 4) is 0 Å². The van der Waals surface area contributed by atoms with Crippen LogP contribution in [0.2, 0.25) is 0 Å². The maximum absolute atomic E-state index is 11.9. The molecule has 0 aliphatic carbocycles. The number of nitrogens with one attached hydrogen (secondary N) is 3. The highest BCUT2D eigenvalue weighted by Gasteiger charge is 2.29. The van der Waals surface area contributed by atoms with Gasteiger partial charge in [0.05, 0.1) is 12.1 Å². The molecule has 12 heteroatoms. The highest BCUT2D eigenvalue weighted by atomic mass is 16.7. The summed E-state index contributed by atoms with van der Waals surface area (Å²) in [6.07, 6.45) is 1.28. The number of primary amides is 1. The molecule has 2 amide bonds. The Morgan fingerprint density at radius 1 is 1.43 bits per heavy atom. The molecule has 23 heavy (non-hydrogen) atoms. The fourth-order valence-electron chi connectivity index (χ4n) is 2.16. The second-order valence-electron chi connectivity index (χ2n) is 5.20. The summed E-state index contributed by atoms with van der Waals surface area (Å²) < 4.78 is 0. The predicted octanol–water partition coefficient (Wildman–Crippen LogP) is -3.48. The second kappa shape index (κ2) is 8.85. The van der Waals surface area contributed by atoms with Crippen molar-refractivity contribution in [2.45, 2.75) is 37.4 Å². The molecule has 1 aliphatic rings. The van der Waals surface area contributed by atoms with Crippen molar-refractivity contribution < 1.29 is 14.6 Å². The summed E-state index contributed by atoms with van der Waals surface area (Å²) in [6, 6.07) is -1.35. The zero-order chi connectivity index (χ0) is 17.4. The number of carbonyl (C=O) groups excluding carboxylic acids is 2. The Morgan fingerprint density at radius 2 is 2.13 bits per heavy atom. The molecule has 130 valence electrons. The first-order valence-corrected chi connectivity index (χ1v) is 7.10. The first-order valence-electron chi connectivity index (χ1n) is 7.10. The third-order valence-electron chi connectivity index (χ3n) is 3.34. The van der Waals surface area contributed by atoms with E-state index in [1.54, 1.807) is 0 Å². The number of nitrogens with zero attached hydrogens (tertiary/aromatic N) is 2. The molecule has 1 fully saturated rings. The van der Waals surface area contributed by atoms with Crippen LogP contribution in [-0.4, -0.2) is 54.0 Å². The Hall–Kier alpha value is -2.47. The number of guanidine groups is 1. The smallest absolute Gasteiger partial charge is 0.266 e. The highest BCUT2D eigenvalue weighted by molar-refractivity contribution is 5.83. The van der Waals surface area contributed by atoms with Crippen LogP contribution in [0.1, 0.15) is 19.3 Å². The van der Waals surface area contributed by atoms with Crippen molar-refractivity contribution in [2.24, 2.45) is 22.3 Å². The van der Waals surface area contributed by atoms with Gasteiger partial charge >= 0.3 is 0 Å². The van der Waals surface area contributed by atoms with Crippen LogP contribution >= 0.6 is 0 Å². The van der Waals surface area contributed by atoms with Gasteiger partial charge in [-0.3, -0.25) is 9.59 Å². The fourth-order valence-corrected chi connectivity index (χ4v) is 2.16. The van der Waals surface area contributed by atoms with Gasteiger partial charge in [-0.1, -0.05) is 0 Å². The highest BCUT2D eigenvalue weighted by Crippen LogP contribution is 2.06.